The summed E-state index contributed by atoms with van der Waals surface area (Å²) in [6.45, 7) is 0.497. The van der Waals surface area contributed by atoms with Crippen molar-refractivity contribution in [2.45, 2.75) is 6.42 Å². The Morgan fingerprint density at radius 2 is 1.95 bits per heavy atom. The molecule has 0 fully saturated rings. The zero-order valence-corrected chi connectivity index (χ0v) is 11.8. The number of carbonyl (C=O) groups excluding carboxylic acids is 1. The van der Waals surface area contributed by atoms with Gasteiger partial charge in [-0.3, -0.25) is 4.79 Å². The lowest BCUT2D eigenvalue weighted by molar-refractivity contribution is 0.0951. The van der Waals surface area contributed by atoms with Gasteiger partial charge in [0.15, 0.2) is 0 Å². The van der Waals surface area contributed by atoms with Gasteiger partial charge in [-0.05, 0) is 36.2 Å². The first-order valence-corrected chi connectivity index (χ1v) is 6.60. The van der Waals surface area contributed by atoms with Gasteiger partial charge in [-0.15, -0.1) is 0 Å². The molecule has 2 aromatic carbocycles. The molecule has 2 rings (SSSR count). The Bertz CT molecular complexity index is 624. The highest BCUT2D eigenvalue weighted by Crippen LogP contribution is 2.21. The van der Waals surface area contributed by atoms with Crippen LogP contribution in [0.3, 0.4) is 0 Å². The Morgan fingerprint density at radius 3 is 2.62 bits per heavy atom. The van der Waals surface area contributed by atoms with Crippen LogP contribution in [0.15, 0.2) is 42.5 Å². The minimum absolute atomic E-state index is 0.203. The maximum absolute atomic E-state index is 12.1. The Hall–Kier alpha value is -2.69. The molecule has 4 N–H and O–H groups in total. The van der Waals surface area contributed by atoms with Crippen molar-refractivity contribution in [1.29, 1.82) is 0 Å². The number of hydrogen-bond acceptors (Lipinski definition) is 4. The molecule has 0 saturated carbocycles. The summed E-state index contributed by atoms with van der Waals surface area (Å²) in [7, 11) is 1.50. The SMILES string of the molecule is COc1cc(N)ccc1C(=O)NCCc1ccc(O)cc1. The minimum Gasteiger partial charge on any atom is -0.508 e. The molecule has 0 aliphatic rings. The molecule has 0 unspecified atom stereocenters. The van der Waals surface area contributed by atoms with Crippen LogP contribution in [-0.4, -0.2) is 24.7 Å². The number of rotatable bonds is 5. The summed E-state index contributed by atoms with van der Waals surface area (Å²) in [6.07, 6.45) is 0.684. The smallest absolute Gasteiger partial charge is 0.255 e. The molecule has 2 aromatic rings. The van der Waals surface area contributed by atoms with Crippen molar-refractivity contribution in [2.24, 2.45) is 0 Å². The number of hydrogen-bond donors (Lipinski definition) is 3. The second-order valence-electron chi connectivity index (χ2n) is 4.63. The van der Waals surface area contributed by atoms with Crippen molar-refractivity contribution < 1.29 is 14.6 Å². The zero-order chi connectivity index (χ0) is 15.2. The summed E-state index contributed by atoms with van der Waals surface area (Å²) in [5, 5.41) is 12.0. The van der Waals surface area contributed by atoms with Crippen molar-refractivity contribution >= 4 is 11.6 Å². The summed E-state index contributed by atoms with van der Waals surface area (Å²) < 4.78 is 5.16. The Kier molecular flexibility index (Phi) is 4.66. The largest absolute Gasteiger partial charge is 0.508 e. The summed E-state index contributed by atoms with van der Waals surface area (Å²) in [6, 6.07) is 11.8. The topological polar surface area (TPSA) is 84.6 Å². The molecule has 0 spiro atoms. The number of phenols is 1. The number of aromatic hydroxyl groups is 1. The number of methoxy groups -OCH3 is 1. The molecule has 5 heteroatoms. The number of nitrogen functional groups attached to an aromatic ring is 1. The molecule has 0 bridgehead atoms. The first-order valence-electron chi connectivity index (χ1n) is 6.60. The van der Waals surface area contributed by atoms with E-state index in [1.807, 2.05) is 12.1 Å². The lowest BCUT2D eigenvalue weighted by atomic mass is 10.1. The predicted molar refractivity (Wildman–Crippen MR) is 81.6 cm³/mol. The molecular weight excluding hydrogens is 268 g/mol. The van der Waals surface area contributed by atoms with E-state index >= 15 is 0 Å². The summed E-state index contributed by atoms with van der Waals surface area (Å²) >= 11 is 0. The molecule has 1 amide bonds. The van der Waals surface area contributed by atoms with Gasteiger partial charge < -0.3 is 20.9 Å². The number of nitrogens with one attached hydrogen (secondary N) is 1. The number of benzene rings is 2. The van der Waals surface area contributed by atoms with Crippen molar-refractivity contribution in [2.75, 3.05) is 19.4 Å². The third-order valence-corrected chi connectivity index (χ3v) is 3.11. The van der Waals surface area contributed by atoms with Gasteiger partial charge in [0.25, 0.3) is 5.91 Å². The van der Waals surface area contributed by atoms with Crippen LogP contribution >= 0.6 is 0 Å². The van der Waals surface area contributed by atoms with Crippen molar-refractivity contribution in [3.63, 3.8) is 0 Å². The second kappa shape index (κ2) is 6.65. The summed E-state index contributed by atoms with van der Waals surface area (Å²) in [5.74, 6) is 0.483. The minimum atomic E-state index is -0.203. The monoisotopic (exact) mass is 286 g/mol. The van der Waals surface area contributed by atoms with Crippen LogP contribution in [0.2, 0.25) is 0 Å². The average molecular weight is 286 g/mol. The molecule has 0 aromatic heterocycles. The number of nitrogens with two attached hydrogens (primary N) is 1. The van der Waals surface area contributed by atoms with Crippen LogP contribution < -0.4 is 15.8 Å². The normalized spacial score (nSPS) is 10.1. The van der Waals surface area contributed by atoms with Gasteiger partial charge in [-0.1, -0.05) is 12.1 Å². The van der Waals surface area contributed by atoms with E-state index in [0.717, 1.165) is 5.56 Å². The van der Waals surface area contributed by atoms with Gasteiger partial charge >= 0.3 is 0 Å². The molecule has 21 heavy (non-hydrogen) atoms. The van der Waals surface area contributed by atoms with Gasteiger partial charge in [0.1, 0.15) is 11.5 Å². The van der Waals surface area contributed by atoms with E-state index in [9.17, 15) is 9.90 Å². The average Bonchev–Trinajstić information content (AvgIpc) is 2.49. The third-order valence-electron chi connectivity index (χ3n) is 3.11. The first kappa shape index (κ1) is 14.7. The summed E-state index contributed by atoms with van der Waals surface area (Å²) in [5.41, 5.74) is 7.70. The number of anilines is 1. The lowest BCUT2D eigenvalue weighted by Crippen LogP contribution is -2.26. The molecule has 0 atom stereocenters. The van der Waals surface area contributed by atoms with Crippen LogP contribution in [-0.2, 0) is 6.42 Å². The first-order chi connectivity index (χ1) is 10.1. The van der Waals surface area contributed by atoms with Gasteiger partial charge in [0.2, 0.25) is 0 Å². The van der Waals surface area contributed by atoms with Gasteiger partial charge in [0, 0.05) is 18.3 Å². The van der Waals surface area contributed by atoms with Crippen LogP contribution in [0, 0.1) is 0 Å². The Morgan fingerprint density at radius 1 is 1.24 bits per heavy atom. The number of phenolic OH excluding ortho intramolecular Hbond substituents is 1. The molecule has 5 nitrogen and oxygen atoms in total. The fourth-order valence-electron chi connectivity index (χ4n) is 1.97. The van der Waals surface area contributed by atoms with Crippen molar-refractivity contribution in [3.05, 3.63) is 53.6 Å². The third kappa shape index (κ3) is 3.89. The maximum Gasteiger partial charge on any atom is 0.255 e. The fraction of sp³-hybridized carbons (Fsp3) is 0.188. The molecule has 110 valence electrons. The Labute approximate surface area is 123 Å². The zero-order valence-electron chi connectivity index (χ0n) is 11.8. The second-order valence-corrected chi connectivity index (χ2v) is 4.63. The van der Waals surface area contributed by atoms with E-state index in [2.05, 4.69) is 5.32 Å². The molecule has 0 aliphatic heterocycles. The van der Waals surface area contributed by atoms with E-state index in [-0.39, 0.29) is 11.7 Å². The Balaban J connectivity index is 1.94. The van der Waals surface area contributed by atoms with E-state index in [4.69, 9.17) is 10.5 Å². The van der Waals surface area contributed by atoms with E-state index in [1.54, 1.807) is 30.3 Å². The molecular formula is C16H18N2O3. The van der Waals surface area contributed by atoms with Gasteiger partial charge in [-0.2, -0.15) is 0 Å². The highest BCUT2D eigenvalue weighted by molar-refractivity contribution is 5.97. The van der Waals surface area contributed by atoms with E-state index < -0.39 is 0 Å². The molecule has 0 heterocycles. The van der Waals surface area contributed by atoms with Crippen molar-refractivity contribution in [3.8, 4) is 11.5 Å². The molecule has 0 aliphatic carbocycles. The maximum atomic E-state index is 12.1. The van der Waals surface area contributed by atoms with E-state index in [1.165, 1.54) is 7.11 Å². The quantitative estimate of drug-likeness (QED) is 0.733. The van der Waals surface area contributed by atoms with Crippen LogP contribution in [0.5, 0.6) is 11.5 Å². The van der Waals surface area contributed by atoms with Gasteiger partial charge in [-0.25, -0.2) is 0 Å². The fourth-order valence-corrected chi connectivity index (χ4v) is 1.97. The van der Waals surface area contributed by atoms with E-state index in [0.29, 0.717) is 30.0 Å². The molecule has 0 saturated heterocycles. The lowest BCUT2D eigenvalue weighted by Gasteiger charge is -2.10. The van der Waals surface area contributed by atoms with Crippen LogP contribution in [0.1, 0.15) is 15.9 Å². The van der Waals surface area contributed by atoms with Crippen LogP contribution in [0.4, 0.5) is 5.69 Å². The predicted octanol–water partition coefficient (Wildman–Crippen LogP) is 1.96. The standard InChI is InChI=1S/C16H18N2O3/c1-21-15-10-12(17)4-7-14(15)16(20)18-9-8-11-2-5-13(19)6-3-11/h2-7,10,19H,8-9,17H2,1H3,(H,18,20). The number of amides is 1. The van der Waals surface area contributed by atoms with Crippen molar-refractivity contribution in [1.82, 2.24) is 5.32 Å². The highest BCUT2D eigenvalue weighted by atomic mass is 16.5. The number of ether oxygens (including phenoxy) is 1. The summed E-state index contributed by atoms with van der Waals surface area (Å²) in [4.78, 5) is 12.1. The molecule has 0 radical (unpaired) electrons. The van der Waals surface area contributed by atoms with Crippen LogP contribution in [0.25, 0.3) is 0 Å². The van der Waals surface area contributed by atoms with Gasteiger partial charge in [0.05, 0.1) is 12.7 Å². The number of carbonyl (C=O) groups is 1. The highest BCUT2D eigenvalue weighted by Gasteiger charge is 2.11.